The number of hydrogen-bond acceptors (Lipinski definition) is 3. The molecule has 0 atom stereocenters. The number of aromatic nitrogens is 2. The molecule has 0 bridgehead atoms. The van der Waals surface area contributed by atoms with Gasteiger partial charge in [0.1, 0.15) is 0 Å². The number of aromatic amines is 1. The fourth-order valence-corrected chi connectivity index (χ4v) is 1.27. The van der Waals surface area contributed by atoms with Crippen molar-refractivity contribution < 1.29 is 4.79 Å². The molecular weight excluding hydrogens is 182 g/mol. The van der Waals surface area contributed by atoms with E-state index >= 15 is 0 Å². The summed E-state index contributed by atoms with van der Waals surface area (Å²) in [5, 5.41) is 0.365. The summed E-state index contributed by atoms with van der Waals surface area (Å²) in [6.07, 6.45) is 2.79. The van der Waals surface area contributed by atoms with Crippen LogP contribution in [0, 0.1) is 0 Å². The second kappa shape index (κ2) is 2.95. The van der Waals surface area contributed by atoms with Gasteiger partial charge in [-0.2, -0.15) is 0 Å². The van der Waals surface area contributed by atoms with E-state index in [1.807, 2.05) is 0 Å². The number of nitrogens with two attached hydrogens (primary N) is 1. The van der Waals surface area contributed by atoms with Gasteiger partial charge in [-0.3, -0.25) is 14.6 Å². The number of H-pyrrole nitrogens is 1. The zero-order chi connectivity index (χ0) is 10.1. The Morgan fingerprint density at radius 2 is 2.29 bits per heavy atom. The van der Waals surface area contributed by atoms with E-state index in [1.165, 1.54) is 12.4 Å². The number of rotatable bonds is 1. The van der Waals surface area contributed by atoms with Gasteiger partial charge in [0, 0.05) is 12.4 Å². The molecule has 2 rings (SSSR count). The SMILES string of the molecule is NC(=O)c1c[nH]c(=O)c2cccnc12. The molecule has 0 aliphatic rings. The summed E-state index contributed by atoms with van der Waals surface area (Å²) in [7, 11) is 0. The minimum atomic E-state index is -0.607. The maximum absolute atomic E-state index is 11.3. The van der Waals surface area contributed by atoms with Crippen molar-refractivity contribution in [2.45, 2.75) is 0 Å². The van der Waals surface area contributed by atoms with Gasteiger partial charge in [-0.25, -0.2) is 0 Å². The van der Waals surface area contributed by atoms with Gasteiger partial charge < -0.3 is 10.7 Å². The maximum atomic E-state index is 11.3. The highest BCUT2D eigenvalue weighted by Gasteiger charge is 2.09. The summed E-state index contributed by atoms with van der Waals surface area (Å²) < 4.78 is 0. The summed E-state index contributed by atoms with van der Waals surface area (Å²) in [6.45, 7) is 0. The van der Waals surface area contributed by atoms with Crippen LogP contribution < -0.4 is 11.3 Å². The standard InChI is InChI=1S/C9H7N3O2/c10-8(13)6-4-12-9(14)5-2-1-3-11-7(5)6/h1-4H,(H2,10,13)(H,12,14). The number of nitrogens with one attached hydrogen (secondary N) is 1. The first-order valence-corrected chi connectivity index (χ1v) is 3.96. The molecule has 5 heteroatoms. The third-order valence-corrected chi connectivity index (χ3v) is 1.92. The van der Waals surface area contributed by atoms with Crippen molar-refractivity contribution in [2.75, 3.05) is 0 Å². The minimum Gasteiger partial charge on any atom is -0.365 e. The van der Waals surface area contributed by atoms with E-state index in [4.69, 9.17) is 5.73 Å². The molecule has 0 radical (unpaired) electrons. The number of fused-ring (bicyclic) bond motifs is 1. The van der Waals surface area contributed by atoms with Gasteiger partial charge >= 0.3 is 0 Å². The Hall–Kier alpha value is -2.17. The normalized spacial score (nSPS) is 10.3. The molecule has 0 saturated heterocycles. The lowest BCUT2D eigenvalue weighted by atomic mass is 10.2. The van der Waals surface area contributed by atoms with E-state index < -0.39 is 5.91 Å². The number of carbonyl (C=O) groups excluding carboxylic acids is 1. The van der Waals surface area contributed by atoms with E-state index in [2.05, 4.69) is 9.97 Å². The molecule has 0 fully saturated rings. The number of nitrogens with zero attached hydrogens (tertiary/aromatic N) is 1. The molecular formula is C9H7N3O2. The van der Waals surface area contributed by atoms with Gasteiger partial charge in [0.05, 0.1) is 16.5 Å². The molecule has 2 aromatic rings. The van der Waals surface area contributed by atoms with Crippen LogP contribution in [0.25, 0.3) is 10.9 Å². The molecule has 0 saturated carbocycles. The molecule has 2 heterocycles. The van der Waals surface area contributed by atoms with Crippen LogP contribution in [-0.2, 0) is 0 Å². The average molecular weight is 189 g/mol. The number of hydrogen-bond donors (Lipinski definition) is 2. The zero-order valence-electron chi connectivity index (χ0n) is 7.15. The summed E-state index contributed by atoms with van der Waals surface area (Å²) in [4.78, 5) is 28.7. The molecule has 3 N–H and O–H groups in total. The van der Waals surface area contributed by atoms with Gasteiger partial charge in [-0.15, -0.1) is 0 Å². The smallest absolute Gasteiger partial charge is 0.257 e. The summed E-state index contributed by atoms with van der Waals surface area (Å²) >= 11 is 0. The first kappa shape index (κ1) is 8.43. The topological polar surface area (TPSA) is 88.8 Å². The van der Waals surface area contributed by atoms with Crippen molar-refractivity contribution >= 4 is 16.8 Å². The van der Waals surface area contributed by atoms with E-state index in [0.717, 1.165) is 0 Å². The van der Waals surface area contributed by atoms with Gasteiger partial charge in [-0.1, -0.05) is 0 Å². The quantitative estimate of drug-likeness (QED) is 0.662. The van der Waals surface area contributed by atoms with Crippen LogP contribution in [0.1, 0.15) is 10.4 Å². The second-order valence-electron chi connectivity index (χ2n) is 2.80. The lowest BCUT2D eigenvalue weighted by molar-refractivity contribution is 0.100. The average Bonchev–Trinajstić information content (AvgIpc) is 2.18. The fraction of sp³-hybridized carbons (Fsp3) is 0. The number of amides is 1. The minimum absolute atomic E-state index is 0.222. The molecule has 0 unspecified atom stereocenters. The van der Waals surface area contributed by atoms with Crippen molar-refractivity contribution in [1.82, 2.24) is 9.97 Å². The first-order chi connectivity index (χ1) is 6.70. The van der Waals surface area contributed by atoms with Crippen molar-refractivity contribution in [2.24, 2.45) is 5.73 Å². The Morgan fingerprint density at radius 1 is 1.50 bits per heavy atom. The van der Waals surface area contributed by atoms with Gasteiger partial charge in [0.15, 0.2) is 0 Å². The van der Waals surface area contributed by atoms with E-state index in [1.54, 1.807) is 12.1 Å². The summed E-state index contributed by atoms with van der Waals surface area (Å²) in [5.74, 6) is -0.607. The van der Waals surface area contributed by atoms with E-state index in [-0.39, 0.29) is 11.1 Å². The Bertz CT molecular complexity index is 559. The van der Waals surface area contributed by atoms with Crippen LogP contribution in [0.15, 0.2) is 29.3 Å². The Kier molecular flexibility index (Phi) is 1.78. The van der Waals surface area contributed by atoms with Crippen molar-refractivity contribution in [3.05, 3.63) is 40.4 Å². The molecule has 70 valence electrons. The van der Waals surface area contributed by atoms with Gasteiger partial charge in [0.25, 0.3) is 11.5 Å². The third kappa shape index (κ3) is 1.15. The molecule has 0 aliphatic heterocycles. The summed E-state index contributed by atoms with van der Waals surface area (Å²) in [6, 6.07) is 3.22. The molecule has 5 nitrogen and oxygen atoms in total. The number of carbonyl (C=O) groups is 1. The van der Waals surface area contributed by atoms with Gasteiger partial charge in [0.2, 0.25) is 0 Å². The predicted molar refractivity (Wildman–Crippen MR) is 50.9 cm³/mol. The zero-order valence-corrected chi connectivity index (χ0v) is 7.15. The van der Waals surface area contributed by atoms with Crippen LogP contribution in [-0.4, -0.2) is 15.9 Å². The fourth-order valence-electron chi connectivity index (χ4n) is 1.27. The lowest BCUT2D eigenvalue weighted by Gasteiger charge is -1.99. The molecule has 1 amide bonds. The number of primary amides is 1. The largest absolute Gasteiger partial charge is 0.365 e. The third-order valence-electron chi connectivity index (χ3n) is 1.92. The predicted octanol–water partition coefficient (Wildman–Crippen LogP) is 0.0220. The monoisotopic (exact) mass is 189 g/mol. The Labute approximate surface area is 78.6 Å². The molecule has 14 heavy (non-hydrogen) atoms. The second-order valence-corrected chi connectivity index (χ2v) is 2.80. The van der Waals surface area contributed by atoms with Gasteiger partial charge in [-0.05, 0) is 12.1 Å². The molecule has 0 aromatic carbocycles. The van der Waals surface area contributed by atoms with Crippen LogP contribution in [0.5, 0.6) is 0 Å². The number of pyridine rings is 2. The highest BCUT2D eigenvalue weighted by atomic mass is 16.1. The van der Waals surface area contributed by atoms with Crippen molar-refractivity contribution in [3.8, 4) is 0 Å². The molecule has 2 aromatic heterocycles. The molecule has 0 spiro atoms. The first-order valence-electron chi connectivity index (χ1n) is 3.96. The van der Waals surface area contributed by atoms with Crippen molar-refractivity contribution in [1.29, 1.82) is 0 Å². The lowest BCUT2D eigenvalue weighted by Crippen LogP contribution is -2.16. The van der Waals surface area contributed by atoms with E-state index in [0.29, 0.717) is 10.9 Å². The van der Waals surface area contributed by atoms with Crippen LogP contribution in [0.4, 0.5) is 0 Å². The Morgan fingerprint density at radius 3 is 3.00 bits per heavy atom. The highest BCUT2D eigenvalue weighted by molar-refractivity contribution is 6.03. The summed E-state index contributed by atoms with van der Waals surface area (Å²) in [5.41, 5.74) is 5.41. The van der Waals surface area contributed by atoms with Crippen LogP contribution in [0.2, 0.25) is 0 Å². The Balaban J connectivity index is 2.96. The highest BCUT2D eigenvalue weighted by Crippen LogP contribution is 2.09. The molecule has 0 aliphatic carbocycles. The van der Waals surface area contributed by atoms with Crippen molar-refractivity contribution in [3.63, 3.8) is 0 Å². The van der Waals surface area contributed by atoms with Crippen LogP contribution >= 0.6 is 0 Å². The van der Waals surface area contributed by atoms with E-state index in [9.17, 15) is 9.59 Å². The maximum Gasteiger partial charge on any atom is 0.257 e. The van der Waals surface area contributed by atoms with Crippen LogP contribution in [0.3, 0.4) is 0 Å².